The lowest BCUT2D eigenvalue weighted by atomic mass is 10.1. The first kappa shape index (κ1) is 53.6. The van der Waals surface area contributed by atoms with Gasteiger partial charge in [0.05, 0.1) is 62.7 Å². The molecule has 18 rings (SSSR count). The Labute approximate surface area is 531 Å². The molecule has 0 aliphatic heterocycles. The lowest BCUT2D eigenvalue weighted by Gasteiger charge is -2.12. The maximum Gasteiger partial charge on any atom is 0.187 e. The Morgan fingerprint density at radius 2 is 0.739 bits per heavy atom. The molecule has 0 aliphatic rings. The van der Waals surface area contributed by atoms with Crippen LogP contribution >= 0.6 is 11.3 Å². The van der Waals surface area contributed by atoms with E-state index in [4.69, 9.17) is 37.5 Å². The number of hydrogen-bond donors (Lipinski definition) is 0. The molecule has 0 fully saturated rings. The molecule has 0 saturated carbocycles. The van der Waals surface area contributed by atoms with Crippen molar-refractivity contribution in [1.29, 1.82) is 0 Å². The minimum atomic E-state index is 0.573. The number of hydrogen-bond acceptors (Lipinski definition) is 6. The van der Waals surface area contributed by atoms with E-state index in [1.807, 2.05) is 121 Å². The molecule has 92 heavy (non-hydrogen) atoms. The standard InChI is InChI=1S/C41H24N4O.C41H24N4S/c2*1-42-29-15-9-13-27(23-29)36-25-35(26-11-3-2-4-12-26)43-41(44-36)28-14-10-16-30(24-28)45-37-19-7-5-17-31(37)33-21-22-34-32-18-6-8-20-38(32)46-40(34)39(33)45/h2*2-25H. The second-order valence-electron chi connectivity index (χ2n) is 22.7. The van der Waals surface area contributed by atoms with Crippen molar-refractivity contribution in [3.05, 3.63) is 314 Å². The Bertz CT molecular complexity index is 5690. The Morgan fingerprint density at radius 1 is 0.315 bits per heavy atom. The third-order valence-corrected chi connectivity index (χ3v) is 18.4. The van der Waals surface area contributed by atoms with Crippen molar-refractivity contribution in [2.45, 2.75) is 0 Å². The minimum Gasteiger partial charge on any atom is -0.454 e. The Balaban J connectivity index is 0.000000141. The van der Waals surface area contributed by atoms with Crippen LogP contribution in [0.3, 0.4) is 0 Å². The van der Waals surface area contributed by atoms with Crippen LogP contribution in [0.15, 0.2) is 296 Å². The van der Waals surface area contributed by atoms with E-state index in [1.165, 1.54) is 36.5 Å². The molecule has 0 aliphatic carbocycles. The Kier molecular flexibility index (Phi) is 12.9. The zero-order chi connectivity index (χ0) is 61.2. The summed E-state index contributed by atoms with van der Waals surface area (Å²) in [6.45, 7) is 15.1. The summed E-state index contributed by atoms with van der Waals surface area (Å²) >= 11 is 1.85. The van der Waals surface area contributed by atoms with Crippen molar-refractivity contribution >= 4 is 108 Å². The van der Waals surface area contributed by atoms with E-state index in [2.05, 4.69) is 201 Å². The fourth-order valence-corrected chi connectivity index (χ4v) is 14.2. The normalized spacial score (nSPS) is 11.5. The molecule has 10 heteroatoms. The molecule has 0 unspecified atom stereocenters. The highest BCUT2D eigenvalue weighted by molar-refractivity contribution is 7.26. The van der Waals surface area contributed by atoms with Crippen LogP contribution in [0.1, 0.15) is 0 Å². The van der Waals surface area contributed by atoms with Crippen LogP contribution < -0.4 is 0 Å². The topological polar surface area (TPSA) is 83.3 Å². The van der Waals surface area contributed by atoms with Crippen molar-refractivity contribution in [2.75, 3.05) is 0 Å². The third-order valence-electron chi connectivity index (χ3n) is 17.2. The highest BCUT2D eigenvalue weighted by Gasteiger charge is 2.22. The molecule has 428 valence electrons. The fourth-order valence-electron chi connectivity index (χ4n) is 13.0. The average molecular weight is 1190 g/mol. The monoisotopic (exact) mass is 1190 g/mol. The molecule has 0 saturated heterocycles. The number of benzene rings is 12. The molecular weight excluding hydrogens is 1150 g/mol. The van der Waals surface area contributed by atoms with Crippen molar-refractivity contribution in [2.24, 2.45) is 0 Å². The molecule has 12 aromatic carbocycles. The van der Waals surface area contributed by atoms with E-state index in [9.17, 15) is 0 Å². The molecule has 0 atom stereocenters. The van der Waals surface area contributed by atoms with Crippen LogP contribution in [0.25, 0.3) is 175 Å². The van der Waals surface area contributed by atoms with E-state index >= 15 is 0 Å². The van der Waals surface area contributed by atoms with Crippen LogP contribution in [-0.2, 0) is 0 Å². The van der Waals surface area contributed by atoms with E-state index < -0.39 is 0 Å². The predicted octanol–water partition coefficient (Wildman–Crippen LogP) is 22.5. The van der Waals surface area contributed by atoms with Gasteiger partial charge in [0, 0.05) is 81.4 Å². The number of rotatable bonds is 8. The van der Waals surface area contributed by atoms with Crippen LogP contribution in [-0.4, -0.2) is 29.1 Å². The van der Waals surface area contributed by atoms with E-state index in [0.717, 1.165) is 117 Å². The number of nitrogens with zero attached hydrogens (tertiary/aromatic N) is 8. The summed E-state index contributed by atoms with van der Waals surface area (Å²) in [6.07, 6.45) is 0. The molecule has 9 nitrogen and oxygen atoms in total. The first-order valence-corrected chi connectivity index (χ1v) is 31.1. The maximum absolute atomic E-state index is 7.54. The zero-order valence-electron chi connectivity index (χ0n) is 49.1. The average Bonchev–Trinajstić information content (AvgIpc) is 1.60. The van der Waals surface area contributed by atoms with E-state index in [1.54, 1.807) is 0 Å². The smallest absolute Gasteiger partial charge is 0.187 e. The fraction of sp³-hybridized carbons (Fsp3) is 0. The number of para-hydroxylation sites is 3. The largest absolute Gasteiger partial charge is 0.454 e. The molecule has 0 amide bonds. The highest BCUT2D eigenvalue weighted by Crippen LogP contribution is 2.45. The van der Waals surface area contributed by atoms with Gasteiger partial charge in [0.25, 0.3) is 0 Å². The Hall–Kier alpha value is -12.6. The SMILES string of the molecule is [C-]#[N+]c1cccc(-c2cc(-c3ccccc3)nc(-c3cccc(-n4c5ccccc5c5ccc6c7ccccc7oc6c54)c3)n2)c1.[C-]#[N+]c1cccc(-c2cc(-c3ccccc3)nc(-c3cccc(-n4c5ccccc5c5ccc6c7ccccc7sc6c54)c3)n2)c1. The van der Waals surface area contributed by atoms with Crippen LogP contribution in [0, 0.1) is 13.1 Å². The molecule has 18 aromatic rings. The number of furan rings is 1. The van der Waals surface area contributed by atoms with Gasteiger partial charge < -0.3 is 13.6 Å². The molecule has 0 radical (unpaired) electrons. The maximum atomic E-state index is 7.54. The molecule has 0 N–H and O–H groups in total. The van der Waals surface area contributed by atoms with Gasteiger partial charge in [-0.1, -0.05) is 212 Å². The summed E-state index contributed by atoms with van der Waals surface area (Å²) in [5.74, 6) is 1.25. The van der Waals surface area contributed by atoms with Gasteiger partial charge in [0.1, 0.15) is 5.58 Å². The first-order chi connectivity index (χ1) is 45.5. The van der Waals surface area contributed by atoms with Gasteiger partial charge in [-0.15, -0.1) is 11.3 Å². The second-order valence-corrected chi connectivity index (χ2v) is 23.7. The summed E-state index contributed by atoms with van der Waals surface area (Å²) in [5.41, 5.74) is 18.2. The number of thiophene rings is 1. The van der Waals surface area contributed by atoms with Crippen molar-refractivity contribution in [1.82, 2.24) is 29.1 Å². The summed E-state index contributed by atoms with van der Waals surface area (Å²) < 4.78 is 13.8. The lowest BCUT2D eigenvalue weighted by molar-refractivity contribution is 0.671. The van der Waals surface area contributed by atoms with Crippen molar-refractivity contribution < 1.29 is 4.42 Å². The molecule has 0 spiro atoms. The highest BCUT2D eigenvalue weighted by atomic mass is 32.1. The van der Waals surface area contributed by atoms with E-state index in [0.29, 0.717) is 23.0 Å². The lowest BCUT2D eigenvalue weighted by Crippen LogP contribution is -1.98. The molecule has 6 aromatic heterocycles. The van der Waals surface area contributed by atoms with Gasteiger partial charge in [-0.25, -0.2) is 29.6 Å². The number of aromatic nitrogens is 6. The van der Waals surface area contributed by atoms with Crippen LogP contribution in [0.2, 0.25) is 0 Å². The van der Waals surface area contributed by atoms with Gasteiger partial charge in [-0.2, -0.15) is 0 Å². The molecule has 0 bridgehead atoms. The van der Waals surface area contributed by atoms with Crippen molar-refractivity contribution in [3.63, 3.8) is 0 Å². The summed E-state index contributed by atoms with van der Waals surface area (Å²) in [4.78, 5) is 27.6. The summed E-state index contributed by atoms with van der Waals surface area (Å²) in [7, 11) is 0. The molecular formula is C82H48N8OS. The summed E-state index contributed by atoms with van der Waals surface area (Å²) in [6, 6.07) is 99.4. The zero-order valence-corrected chi connectivity index (χ0v) is 49.9. The van der Waals surface area contributed by atoms with Gasteiger partial charge in [0.15, 0.2) is 28.6 Å². The second kappa shape index (κ2) is 22.2. The Morgan fingerprint density at radius 3 is 1.30 bits per heavy atom. The number of fused-ring (bicyclic) bond motifs is 14. The van der Waals surface area contributed by atoms with Crippen molar-refractivity contribution in [3.8, 4) is 79.2 Å². The first-order valence-electron chi connectivity index (χ1n) is 30.2. The predicted molar refractivity (Wildman–Crippen MR) is 378 cm³/mol. The van der Waals surface area contributed by atoms with Crippen LogP contribution in [0.4, 0.5) is 11.4 Å². The quantitative estimate of drug-likeness (QED) is 0.142. The minimum absolute atomic E-state index is 0.573. The van der Waals surface area contributed by atoms with Gasteiger partial charge in [-0.3, -0.25) is 0 Å². The van der Waals surface area contributed by atoms with Gasteiger partial charge in [-0.05, 0) is 90.0 Å². The summed E-state index contributed by atoms with van der Waals surface area (Å²) in [5, 5.41) is 9.52. The van der Waals surface area contributed by atoms with Gasteiger partial charge in [0.2, 0.25) is 0 Å². The van der Waals surface area contributed by atoms with E-state index in [-0.39, 0.29) is 0 Å². The third kappa shape index (κ3) is 9.22. The van der Waals surface area contributed by atoms with Crippen LogP contribution in [0.5, 0.6) is 0 Å². The van der Waals surface area contributed by atoms with Gasteiger partial charge >= 0.3 is 0 Å². The molecule has 6 heterocycles.